The summed E-state index contributed by atoms with van der Waals surface area (Å²) in [5.41, 5.74) is 0.916. The molecular formula is C13H15NO4. The molecule has 1 heterocycles. The van der Waals surface area contributed by atoms with Gasteiger partial charge in [0.15, 0.2) is 0 Å². The van der Waals surface area contributed by atoms with Crippen LogP contribution in [0.5, 0.6) is 0 Å². The van der Waals surface area contributed by atoms with E-state index in [4.69, 9.17) is 9.47 Å². The smallest absolute Gasteiger partial charge is 0.407 e. The molecule has 1 N–H and O–H groups in total. The van der Waals surface area contributed by atoms with Gasteiger partial charge in [-0.15, -0.1) is 0 Å². The van der Waals surface area contributed by atoms with E-state index in [2.05, 4.69) is 5.32 Å². The Morgan fingerprint density at radius 1 is 1.44 bits per heavy atom. The van der Waals surface area contributed by atoms with Crippen molar-refractivity contribution in [3.05, 3.63) is 35.9 Å². The maximum Gasteiger partial charge on any atom is 0.407 e. The molecule has 0 radical (unpaired) electrons. The maximum atomic E-state index is 11.5. The monoisotopic (exact) mass is 249 g/mol. The summed E-state index contributed by atoms with van der Waals surface area (Å²) in [6.07, 6.45) is -0.641. The van der Waals surface area contributed by atoms with Crippen molar-refractivity contribution in [1.29, 1.82) is 0 Å². The minimum Gasteiger partial charge on any atom is -0.460 e. The number of hydrogen-bond donors (Lipinski definition) is 1. The van der Waals surface area contributed by atoms with E-state index in [1.54, 1.807) is 6.92 Å². The summed E-state index contributed by atoms with van der Waals surface area (Å²) in [6, 6.07) is 9.09. The van der Waals surface area contributed by atoms with Crippen LogP contribution < -0.4 is 5.32 Å². The van der Waals surface area contributed by atoms with Crippen molar-refractivity contribution in [3.8, 4) is 0 Å². The molecule has 18 heavy (non-hydrogen) atoms. The molecule has 0 aromatic heterocycles. The summed E-state index contributed by atoms with van der Waals surface area (Å²) in [6.45, 7) is 1.95. The van der Waals surface area contributed by atoms with Crippen LogP contribution in [-0.4, -0.2) is 24.2 Å². The standard InChI is InChI=1S/C13H15NO4/c1-9-11(7-12(15)18-9)14-13(16)17-8-10-5-3-2-4-6-10/h2-6,9,11H,7-8H2,1H3,(H,14,16)/t9?,11-/m0/s1. The zero-order chi connectivity index (χ0) is 13.0. The molecule has 2 rings (SSSR count). The lowest BCUT2D eigenvalue weighted by atomic mass is 10.2. The van der Waals surface area contributed by atoms with Crippen molar-refractivity contribution in [3.63, 3.8) is 0 Å². The second-order valence-electron chi connectivity index (χ2n) is 4.21. The van der Waals surface area contributed by atoms with E-state index >= 15 is 0 Å². The lowest BCUT2D eigenvalue weighted by Gasteiger charge is -2.14. The first-order chi connectivity index (χ1) is 8.65. The topological polar surface area (TPSA) is 64.6 Å². The van der Waals surface area contributed by atoms with Gasteiger partial charge in [0.25, 0.3) is 0 Å². The number of cyclic esters (lactones) is 1. The Bertz CT molecular complexity index is 432. The Balaban J connectivity index is 1.77. The van der Waals surface area contributed by atoms with E-state index in [0.717, 1.165) is 5.56 Å². The molecule has 5 heteroatoms. The second-order valence-corrected chi connectivity index (χ2v) is 4.21. The van der Waals surface area contributed by atoms with Crippen molar-refractivity contribution in [2.75, 3.05) is 0 Å². The Kier molecular flexibility index (Phi) is 3.82. The molecule has 5 nitrogen and oxygen atoms in total. The summed E-state index contributed by atoms with van der Waals surface area (Å²) in [4.78, 5) is 22.5. The third-order valence-electron chi connectivity index (χ3n) is 2.79. The normalized spacial score (nSPS) is 22.4. The lowest BCUT2D eigenvalue weighted by molar-refractivity contribution is -0.140. The van der Waals surface area contributed by atoms with Crippen molar-refractivity contribution in [2.24, 2.45) is 0 Å². The molecule has 0 aliphatic carbocycles. The van der Waals surface area contributed by atoms with Crippen molar-refractivity contribution in [1.82, 2.24) is 5.32 Å². The minimum atomic E-state index is -0.533. The zero-order valence-electron chi connectivity index (χ0n) is 10.1. The Morgan fingerprint density at radius 3 is 2.78 bits per heavy atom. The van der Waals surface area contributed by atoms with Crippen LogP contribution in [0.15, 0.2) is 30.3 Å². The van der Waals surface area contributed by atoms with Crippen LogP contribution in [0.25, 0.3) is 0 Å². The molecule has 96 valence electrons. The molecule has 1 fully saturated rings. The molecule has 1 amide bonds. The first-order valence-electron chi connectivity index (χ1n) is 5.82. The number of amides is 1. The maximum absolute atomic E-state index is 11.5. The lowest BCUT2D eigenvalue weighted by Crippen LogP contribution is -2.39. The Hall–Kier alpha value is -2.04. The predicted octanol–water partition coefficient (Wildman–Crippen LogP) is 1.62. The molecule has 1 aromatic rings. The molecule has 0 saturated carbocycles. The van der Waals surface area contributed by atoms with Crippen LogP contribution in [0, 0.1) is 0 Å². The largest absolute Gasteiger partial charge is 0.460 e. The minimum absolute atomic E-state index is 0.196. The number of hydrogen-bond acceptors (Lipinski definition) is 4. The first kappa shape index (κ1) is 12.4. The van der Waals surface area contributed by atoms with Crippen LogP contribution in [0.3, 0.4) is 0 Å². The summed E-state index contributed by atoms with van der Waals surface area (Å²) in [5, 5.41) is 2.62. The molecule has 1 aromatic carbocycles. The van der Waals surface area contributed by atoms with Gasteiger partial charge in [-0.05, 0) is 12.5 Å². The summed E-state index contributed by atoms with van der Waals surface area (Å²) >= 11 is 0. The average molecular weight is 249 g/mol. The SMILES string of the molecule is CC1OC(=O)C[C@@H]1NC(=O)OCc1ccccc1. The van der Waals surface area contributed by atoms with Gasteiger partial charge in [-0.2, -0.15) is 0 Å². The molecule has 1 aliphatic rings. The van der Waals surface area contributed by atoms with E-state index in [1.807, 2.05) is 30.3 Å². The fourth-order valence-corrected chi connectivity index (χ4v) is 1.77. The van der Waals surface area contributed by atoms with Crippen LogP contribution in [0.2, 0.25) is 0 Å². The predicted molar refractivity (Wildman–Crippen MR) is 63.7 cm³/mol. The second kappa shape index (κ2) is 5.53. The molecule has 1 unspecified atom stereocenters. The third kappa shape index (κ3) is 3.23. The van der Waals surface area contributed by atoms with Gasteiger partial charge in [0.05, 0.1) is 12.5 Å². The van der Waals surface area contributed by atoms with Crippen LogP contribution in [0.4, 0.5) is 4.79 Å². The first-order valence-corrected chi connectivity index (χ1v) is 5.82. The van der Waals surface area contributed by atoms with Gasteiger partial charge < -0.3 is 14.8 Å². The molecule has 0 spiro atoms. The van der Waals surface area contributed by atoms with Gasteiger partial charge in [-0.25, -0.2) is 4.79 Å². The van der Waals surface area contributed by atoms with E-state index < -0.39 is 6.09 Å². The fourth-order valence-electron chi connectivity index (χ4n) is 1.77. The third-order valence-corrected chi connectivity index (χ3v) is 2.79. The number of esters is 1. The van der Waals surface area contributed by atoms with Gasteiger partial charge in [0.1, 0.15) is 12.7 Å². The molecule has 1 aliphatic heterocycles. The van der Waals surface area contributed by atoms with E-state index in [0.29, 0.717) is 0 Å². The van der Waals surface area contributed by atoms with Gasteiger partial charge in [0.2, 0.25) is 0 Å². The van der Waals surface area contributed by atoms with Crippen molar-refractivity contribution < 1.29 is 19.1 Å². The number of nitrogens with one attached hydrogen (secondary N) is 1. The van der Waals surface area contributed by atoms with E-state index in [-0.39, 0.29) is 31.1 Å². The molecule has 2 atom stereocenters. The van der Waals surface area contributed by atoms with E-state index in [1.165, 1.54) is 0 Å². The number of rotatable bonds is 3. The molecule has 0 bridgehead atoms. The number of carbonyl (C=O) groups is 2. The van der Waals surface area contributed by atoms with Crippen molar-refractivity contribution in [2.45, 2.75) is 32.1 Å². The number of carbonyl (C=O) groups excluding carboxylic acids is 2. The Labute approximate surface area is 105 Å². The van der Waals surface area contributed by atoms with Crippen LogP contribution >= 0.6 is 0 Å². The highest BCUT2D eigenvalue weighted by Crippen LogP contribution is 2.14. The van der Waals surface area contributed by atoms with Gasteiger partial charge in [-0.3, -0.25) is 4.79 Å². The van der Waals surface area contributed by atoms with Gasteiger partial charge in [0, 0.05) is 0 Å². The average Bonchev–Trinajstić information content (AvgIpc) is 2.67. The summed E-state index contributed by atoms with van der Waals surface area (Å²) in [5.74, 6) is -0.296. The van der Waals surface area contributed by atoms with Gasteiger partial charge >= 0.3 is 12.1 Å². The van der Waals surface area contributed by atoms with Crippen molar-refractivity contribution >= 4 is 12.1 Å². The quantitative estimate of drug-likeness (QED) is 0.827. The van der Waals surface area contributed by atoms with Crippen LogP contribution in [-0.2, 0) is 20.9 Å². The molecular weight excluding hydrogens is 234 g/mol. The summed E-state index contributed by atoms with van der Waals surface area (Å²) in [7, 11) is 0. The zero-order valence-corrected chi connectivity index (χ0v) is 10.1. The highest BCUT2D eigenvalue weighted by atomic mass is 16.6. The van der Waals surface area contributed by atoms with Gasteiger partial charge in [-0.1, -0.05) is 30.3 Å². The summed E-state index contributed by atoms with van der Waals surface area (Å²) < 4.78 is 9.98. The fraction of sp³-hybridized carbons (Fsp3) is 0.385. The molecule has 1 saturated heterocycles. The Morgan fingerprint density at radius 2 is 2.17 bits per heavy atom. The number of benzene rings is 1. The highest BCUT2D eigenvalue weighted by Gasteiger charge is 2.32. The van der Waals surface area contributed by atoms with E-state index in [9.17, 15) is 9.59 Å². The number of alkyl carbamates (subject to hydrolysis) is 1. The highest BCUT2D eigenvalue weighted by molar-refractivity contribution is 5.75. The van der Waals surface area contributed by atoms with Crippen LogP contribution in [0.1, 0.15) is 18.9 Å². The number of ether oxygens (including phenoxy) is 2.